The van der Waals surface area contributed by atoms with Gasteiger partial charge in [0.15, 0.2) is 5.76 Å². The van der Waals surface area contributed by atoms with Gasteiger partial charge in [0, 0.05) is 29.6 Å². The number of rotatable bonds is 6. The molecule has 0 fully saturated rings. The summed E-state index contributed by atoms with van der Waals surface area (Å²) in [5.74, 6) is 1.54. The number of benzene rings is 1. The fraction of sp³-hybridized carbons (Fsp3) is 0.143. The number of hydrogen-bond donors (Lipinski definition) is 1. The van der Waals surface area contributed by atoms with Gasteiger partial charge in [-0.2, -0.15) is 0 Å². The van der Waals surface area contributed by atoms with Crippen LogP contribution in [0, 0.1) is 6.92 Å². The second kappa shape index (κ2) is 7.87. The highest BCUT2D eigenvalue weighted by Gasteiger charge is 2.15. The van der Waals surface area contributed by atoms with Crippen LogP contribution in [0.1, 0.15) is 17.2 Å². The average molecular weight is 374 g/mol. The Bertz CT molecular complexity index is 1070. The van der Waals surface area contributed by atoms with Crippen molar-refractivity contribution in [3.63, 3.8) is 0 Å². The van der Waals surface area contributed by atoms with Crippen LogP contribution in [-0.2, 0) is 17.8 Å². The van der Waals surface area contributed by atoms with Gasteiger partial charge >= 0.3 is 0 Å². The third-order valence-electron chi connectivity index (χ3n) is 4.22. The summed E-state index contributed by atoms with van der Waals surface area (Å²) in [6, 6.07) is 15.1. The molecule has 7 nitrogen and oxygen atoms in total. The largest absolute Gasteiger partial charge is 0.441 e. The molecule has 0 atom stereocenters. The van der Waals surface area contributed by atoms with Gasteiger partial charge in [-0.15, -0.1) is 0 Å². The van der Waals surface area contributed by atoms with E-state index in [-0.39, 0.29) is 18.9 Å². The summed E-state index contributed by atoms with van der Waals surface area (Å²) in [6.07, 6.45) is 3.53. The van der Waals surface area contributed by atoms with E-state index >= 15 is 0 Å². The van der Waals surface area contributed by atoms with Crippen molar-refractivity contribution in [3.8, 4) is 22.7 Å². The normalized spacial score (nSPS) is 10.8. The van der Waals surface area contributed by atoms with Crippen LogP contribution in [-0.4, -0.2) is 21.0 Å². The number of oxazole rings is 1. The Labute approximate surface area is 161 Å². The van der Waals surface area contributed by atoms with E-state index in [9.17, 15) is 4.79 Å². The molecule has 3 heterocycles. The molecular weight excluding hydrogens is 356 g/mol. The smallest absolute Gasteiger partial charge is 0.226 e. The lowest BCUT2D eigenvalue weighted by Crippen LogP contribution is -2.24. The Balaban J connectivity index is 1.37. The molecule has 0 aliphatic heterocycles. The first kappa shape index (κ1) is 17.7. The van der Waals surface area contributed by atoms with Crippen LogP contribution in [0.4, 0.5) is 0 Å². The van der Waals surface area contributed by atoms with Crippen molar-refractivity contribution in [2.45, 2.75) is 19.9 Å². The van der Waals surface area contributed by atoms with Gasteiger partial charge in [0.25, 0.3) is 0 Å². The zero-order chi connectivity index (χ0) is 19.3. The molecule has 4 rings (SSSR count). The molecule has 0 saturated carbocycles. The lowest BCUT2D eigenvalue weighted by molar-refractivity contribution is -0.120. The molecule has 1 amide bonds. The number of amides is 1. The van der Waals surface area contributed by atoms with Gasteiger partial charge in [0.05, 0.1) is 18.7 Å². The topological polar surface area (TPSA) is 94.1 Å². The van der Waals surface area contributed by atoms with Crippen LogP contribution >= 0.6 is 0 Å². The number of hydrogen-bond acceptors (Lipinski definition) is 6. The monoisotopic (exact) mass is 374 g/mol. The predicted molar refractivity (Wildman–Crippen MR) is 102 cm³/mol. The fourth-order valence-corrected chi connectivity index (χ4v) is 2.74. The minimum absolute atomic E-state index is 0.131. The number of pyridine rings is 1. The van der Waals surface area contributed by atoms with Gasteiger partial charge in [-0.25, -0.2) is 4.98 Å². The van der Waals surface area contributed by atoms with Crippen molar-refractivity contribution >= 4 is 5.91 Å². The number of carbonyl (C=O) groups excluding carboxylic acids is 1. The molecule has 0 saturated heterocycles. The zero-order valence-corrected chi connectivity index (χ0v) is 15.3. The predicted octanol–water partition coefficient (Wildman–Crippen LogP) is 3.56. The Hall–Kier alpha value is -3.74. The Morgan fingerprint density at radius 1 is 1.11 bits per heavy atom. The highest BCUT2D eigenvalue weighted by atomic mass is 16.5. The third-order valence-corrected chi connectivity index (χ3v) is 4.22. The second-order valence-corrected chi connectivity index (χ2v) is 6.26. The van der Waals surface area contributed by atoms with E-state index in [4.69, 9.17) is 8.94 Å². The summed E-state index contributed by atoms with van der Waals surface area (Å²) >= 11 is 0. The van der Waals surface area contributed by atoms with Crippen molar-refractivity contribution in [1.82, 2.24) is 20.4 Å². The molecule has 3 aromatic heterocycles. The highest BCUT2D eigenvalue weighted by molar-refractivity contribution is 5.78. The molecule has 140 valence electrons. The molecule has 7 heteroatoms. The zero-order valence-electron chi connectivity index (χ0n) is 15.3. The molecule has 4 aromatic rings. The first-order valence-electron chi connectivity index (χ1n) is 8.83. The summed E-state index contributed by atoms with van der Waals surface area (Å²) in [6.45, 7) is 2.05. The van der Waals surface area contributed by atoms with Crippen molar-refractivity contribution in [2.24, 2.45) is 0 Å². The standard InChI is InChI=1S/C21H18N4O3/c1-14-18(24-21(27-14)15-6-3-2-4-7-15)11-20(26)23-13-17-10-19(25-28-17)16-8-5-9-22-12-16/h2-10,12H,11,13H2,1H3,(H,23,26). The van der Waals surface area contributed by atoms with Gasteiger partial charge < -0.3 is 14.3 Å². The van der Waals surface area contributed by atoms with Gasteiger partial charge in [0.1, 0.15) is 11.5 Å². The third kappa shape index (κ3) is 3.98. The molecule has 0 bridgehead atoms. The molecule has 0 radical (unpaired) electrons. The number of carbonyl (C=O) groups is 1. The maximum absolute atomic E-state index is 12.3. The summed E-state index contributed by atoms with van der Waals surface area (Å²) in [5.41, 5.74) is 3.03. The molecule has 1 aromatic carbocycles. The minimum Gasteiger partial charge on any atom is -0.441 e. The molecular formula is C21H18N4O3. The van der Waals surface area contributed by atoms with Gasteiger partial charge in [0.2, 0.25) is 11.8 Å². The highest BCUT2D eigenvalue weighted by Crippen LogP contribution is 2.22. The number of aryl methyl sites for hydroxylation is 1. The van der Waals surface area contributed by atoms with Crippen LogP contribution in [0.3, 0.4) is 0 Å². The Morgan fingerprint density at radius 3 is 2.71 bits per heavy atom. The lowest BCUT2D eigenvalue weighted by Gasteiger charge is -2.00. The first-order valence-corrected chi connectivity index (χ1v) is 8.83. The van der Waals surface area contributed by atoms with E-state index < -0.39 is 0 Å². The van der Waals surface area contributed by atoms with Crippen molar-refractivity contribution in [1.29, 1.82) is 0 Å². The maximum atomic E-state index is 12.3. The van der Waals surface area contributed by atoms with Crippen LogP contribution in [0.2, 0.25) is 0 Å². The molecule has 0 aliphatic rings. The van der Waals surface area contributed by atoms with E-state index in [0.717, 1.165) is 11.1 Å². The van der Waals surface area contributed by atoms with Gasteiger partial charge in [-0.1, -0.05) is 23.4 Å². The summed E-state index contributed by atoms with van der Waals surface area (Å²) in [4.78, 5) is 20.8. The van der Waals surface area contributed by atoms with E-state index in [1.807, 2.05) is 42.5 Å². The molecule has 28 heavy (non-hydrogen) atoms. The second-order valence-electron chi connectivity index (χ2n) is 6.26. The number of nitrogens with one attached hydrogen (secondary N) is 1. The van der Waals surface area contributed by atoms with Crippen molar-refractivity contribution in [3.05, 3.63) is 78.1 Å². The van der Waals surface area contributed by atoms with Crippen LogP contribution < -0.4 is 5.32 Å². The summed E-state index contributed by atoms with van der Waals surface area (Å²) < 4.78 is 11.0. The van der Waals surface area contributed by atoms with E-state index in [2.05, 4.69) is 20.4 Å². The van der Waals surface area contributed by atoms with Gasteiger partial charge in [-0.3, -0.25) is 9.78 Å². The maximum Gasteiger partial charge on any atom is 0.226 e. The van der Waals surface area contributed by atoms with E-state index in [1.54, 1.807) is 25.4 Å². The SMILES string of the molecule is Cc1oc(-c2ccccc2)nc1CC(=O)NCc1cc(-c2cccnc2)no1. The minimum atomic E-state index is -0.171. The fourth-order valence-electron chi connectivity index (χ4n) is 2.74. The number of nitrogens with zero attached hydrogens (tertiary/aromatic N) is 3. The molecule has 1 N–H and O–H groups in total. The lowest BCUT2D eigenvalue weighted by atomic mass is 10.2. The average Bonchev–Trinajstić information content (AvgIpc) is 3.35. The van der Waals surface area contributed by atoms with Gasteiger partial charge in [-0.05, 0) is 31.2 Å². The summed E-state index contributed by atoms with van der Waals surface area (Å²) in [7, 11) is 0. The molecule has 0 spiro atoms. The Kier molecular flexibility index (Phi) is 4.97. The first-order chi connectivity index (χ1) is 13.7. The van der Waals surface area contributed by atoms with Crippen molar-refractivity contribution in [2.75, 3.05) is 0 Å². The summed E-state index contributed by atoms with van der Waals surface area (Å²) in [5, 5.41) is 6.82. The molecule has 0 unspecified atom stereocenters. The van der Waals surface area contributed by atoms with Crippen LogP contribution in [0.5, 0.6) is 0 Å². The van der Waals surface area contributed by atoms with E-state index in [0.29, 0.717) is 28.8 Å². The Morgan fingerprint density at radius 2 is 1.93 bits per heavy atom. The van der Waals surface area contributed by atoms with Crippen LogP contribution in [0.25, 0.3) is 22.7 Å². The van der Waals surface area contributed by atoms with Crippen LogP contribution in [0.15, 0.2) is 69.9 Å². The quantitative estimate of drug-likeness (QED) is 0.555. The van der Waals surface area contributed by atoms with E-state index in [1.165, 1.54) is 0 Å². The van der Waals surface area contributed by atoms with Crippen molar-refractivity contribution < 1.29 is 13.7 Å². The number of aromatic nitrogens is 3. The molecule has 0 aliphatic carbocycles.